The van der Waals surface area contributed by atoms with Crippen molar-refractivity contribution in [2.24, 2.45) is 11.1 Å². The number of nitrogens with one attached hydrogen (secondary N) is 1. The van der Waals surface area contributed by atoms with Crippen LogP contribution in [0.5, 0.6) is 5.75 Å². The van der Waals surface area contributed by atoms with Crippen molar-refractivity contribution in [1.82, 2.24) is 4.72 Å². The van der Waals surface area contributed by atoms with Gasteiger partial charge in [-0.1, -0.05) is 20.8 Å². The molecule has 1 rings (SSSR count). The lowest BCUT2D eigenvalue weighted by Crippen LogP contribution is -2.48. The predicted octanol–water partition coefficient (Wildman–Crippen LogP) is 1.26. The molecule has 0 aliphatic rings. The van der Waals surface area contributed by atoms with Crippen LogP contribution in [0.2, 0.25) is 0 Å². The van der Waals surface area contributed by atoms with Gasteiger partial charge in [-0.15, -0.1) is 0 Å². The molecule has 9 heteroatoms. The van der Waals surface area contributed by atoms with Gasteiger partial charge in [-0.2, -0.15) is 0 Å². The third-order valence-corrected chi connectivity index (χ3v) is 4.75. The summed E-state index contributed by atoms with van der Waals surface area (Å²) in [6.07, 6.45) is 0. The smallest absolute Gasteiger partial charge is 0.293 e. The molecule has 1 aromatic rings. The highest BCUT2D eigenvalue weighted by Gasteiger charge is 2.32. The Kier molecular flexibility index (Phi) is 5.49. The Morgan fingerprint density at radius 1 is 1.41 bits per heavy atom. The maximum absolute atomic E-state index is 12.5. The fourth-order valence-electron chi connectivity index (χ4n) is 1.82. The van der Waals surface area contributed by atoms with E-state index in [1.54, 1.807) is 0 Å². The van der Waals surface area contributed by atoms with E-state index in [2.05, 4.69) is 4.72 Å². The molecule has 0 saturated heterocycles. The molecule has 22 heavy (non-hydrogen) atoms. The van der Waals surface area contributed by atoms with Gasteiger partial charge in [0.15, 0.2) is 4.90 Å². The Morgan fingerprint density at radius 2 is 2.00 bits per heavy atom. The first-order valence-corrected chi connectivity index (χ1v) is 8.06. The van der Waals surface area contributed by atoms with Crippen LogP contribution in [0.15, 0.2) is 23.1 Å². The standard InChI is InChI=1S/C13H21N3O5S/c1-13(2,3)12(8-14)15-22(19,20)11-6-5-9(21-4)7-10(11)16(17)18/h5-7,12,15H,8,14H2,1-4H3. The minimum absolute atomic E-state index is 0.0761. The molecular formula is C13H21N3O5S. The summed E-state index contributed by atoms with van der Waals surface area (Å²) < 4.78 is 32.2. The number of hydrogen-bond donors (Lipinski definition) is 2. The van der Waals surface area contributed by atoms with Crippen molar-refractivity contribution in [2.45, 2.75) is 31.7 Å². The van der Waals surface area contributed by atoms with E-state index >= 15 is 0 Å². The molecule has 1 atom stereocenters. The molecule has 1 unspecified atom stereocenters. The fraction of sp³-hybridized carbons (Fsp3) is 0.538. The van der Waals surface area contributed by atoms with Crippen molar-refractivity contribution in [3.63, 3.8) is 0 Å². The Hall–Kier alpha value is -1.71. The number of nitro benzene ring substituents is 1. The average Bonchev–Trinajstić information content (AvgIpc) is 2.42. The number of hydrogen-bond acceptors (Lipinski definition) is 6. The zero-order valence-corrected chi connectivity index (χ0v) is 13.8. The summed E-state index contributed by atoms with van der Waals surface area (Å²) in [5, 5.41) is 11.1. The van der Waals surface area contributed by atoms with Crippen LogP contribution >= 0.6 is 0 Å². The summed E-state index contributed by atoms with van der Waals surface area (Å²) in [5.41, 5.74) is 4.63. The highest BCUT2D eigenvalue weighted by Crippen LogP contribution is 2.29. The number of nitrogens with two attached hydrogens (primary N) is 1. The minimum Gasteiger partial charge on any atom is -0.497 e. The molecule has 0 aliphatic carbocycles. The van der Waals surface area contributed by atoms with E-state index in [1.807, 2.05) is 20.8 Å². The van der Waals surface area contributed by atoms with E-state index in [4.69, 9.17) is 10.5 Å². The second-order valence-corrected chi connectivity index (χ2v) is 7.55. The van der Waals surface area contributed by atoms with Crippen LogP contribution in [-0.4, -0.2) is 33.0 Å². The van der Waals surface area contributed by atoms with E-state index in [0.29, 0.717) is 0 Å². The number of methoxy groups -OCH3 is 1. The summed E-state index contributed by atoms with van der Waals surface area (Å²) in [7, 11) is -2.74. The summed E-state index contributed by atoms with van der Waals surface area (Å²) >= 11 is 0. The van der Waals surface area contributed by atoms with Gasteiger partial charge in [-0.05, 0) is 17.5 Å². The monoisotopic (exact) mass is 331 g/mol. The first kappa shape index (κ1) is 18.3. The van der Waals surface area contributed by atoms with Crippen LogP contribution in [0.1, 0.15) is 20.8 Å². The topological polar surface area (TPSA) is 125 Å². The van der Waals surface area contributed by atoms with Gasteiger partial charge in [0, 0.05) is 12.6 Å². The van der Waals surface area contributed by atoms with Gasteiger partial charge >= 0.3 is 0 Å². The quantitative estimate of drug-likeness (QED) is 0.597. The third-order valence-electron chi connectivity index (χ3n) is 3.23. The van der Waals surface area contributed by atoms with Crippen molar-refractivity contribution in [3.05, 3.63) is 28.3 Å². The Morgan fingerprint density at radius 3 is 2.41 bits per heavy atom. The molecule has 0 amide bonds. The molecule has 0 fully saturated rings. The van der Waals surface area contributed by atoms with Crippen molar-refractivity contribution < 1.29 is 18.1 Å². The Labute approximate surface area is 129 Å². The van der Waals surface area contributed by atoms with Crippen molar-refractivity contribution in [2.75, 3.05) is 13.7 Å². The lowest BCUT2D eigenvalue weighted by Gasteiger charge is -2.30. The molecule has 8 nitrogen and oxygen atoms in total. The maximum atomic E-state index is 12.5. The third kappa shape index (κ3) is 4.15. The van der Waals surface area contributed by atoms with E-state index in [1.165, 1.54) is 13.2 Å². The summed E-state index contributed by atoms with van der Waals surface area (Å²) in [4.78, 5) is 9.95. The van der Waals surface area contributed by atoms with E-state index < -0.39 is 37.0 Å². The van der Waals surface area contributed by atoms with Gasteiger partial charge in [0.05, 0.1) is 18.1 Å². The zero-order chi connectivity index (χ0) is 17.1. The molecule has 0 aliphatic heterocycles. The fourth-order valence-corrected chi connectivity index (χ4v) is 3.43. The van der Waals surface area contributed by atoms with E-state index in [-0.39, 0.29) is 12.3 Å². The number of nitrogens with zero attached hydrogens (tertiary/aromatic N) is 1. The Balaban J connectivity index is 3.31. The summed E-state index contributed by atoms with van der Waals surface area (Å²) in [5.74, 6) is 0.205. The van der Waals surface area contributed by atoms with Gasteiger partial charge < -0.3 is 10.5 Å². The molecule has 0 saturated carbocycles. The highest BCUT2D eigenvalue weighted by atomic mass is 32.2. The van der Waals surface area contributed by atoms with Crippen LogP contribution in [0.3, 0.4) is 0 Å². The molecule has 1 aromatic carbocycles. The lowest BCUT2D eigenvalue weighted by atomic mass is 9.88. The van der Waals surface area contributed by atoms with Crippen LogP contribution in [0.4, 0.5) is 5.69 Å². The second kappa shape index (κ2) is 6.59. The van der Waals surface area contributed by atoms with Gasteiger partial charge in [0.1, 0.15) is 5.75 Å². The van der Waals surface area contributed by atoms with E-state index in [9.17, 15) is 18.5 Å². The van der Waals surface area contributed by atoms with Crippen molar-refractivity contribution in [3.8, 4) is 5.75 Å². The van der Waals surface area contributed by atoms with Gasteiger partial charge in [-0.3, -0.25) is 10.1 Å². The number of benzene rings is 1. The second-order valence-electron chi connectivity index (χ2n) is 5.87. The van der Waals surface area contributed by atoms with Crippen LogP contribution < -0.4 is 15.2 Å². The molecule has 124 valence electrons. The SMILES string of the molecule is COc1ccc(S(=O)(=O)NC(CN)C(C)(C)C)c([N+](=O)[O-])c1. The average molecular weight is 331 g/mol. The predicted molar refractivity (Wildman–Crippen MR) is 82.3 cm³/mol. The minimum atomic E-state index is -4.08. The maximum Gasteiger partial charge on any atom is 0.293 e. The van der Waals surface area contributed by atoms with E-state index in [0.717, 1.165) is 12.1 Å². The molecule has 0 spiro atoms. The molecule has 3 N–H and O–H groups in total. The molecule has 0 bridgehead atoms. The van der Waals surface area contributed by atoms with Crippen molar-refractivity contribution in [1.29, 1.82) is 0 Å². The van der Waals surface area contributed by atoms with Gasteiger partial charge in [0.25, 0.3) is 5.69 Å². The highest BCUT2D eigenvalue weighted by molar-refractivity contribution is 7.89. The summed E-state index contributed by atoms with van der Waals surface area (Å²) in [6.45, 7) is 5.56. The Bertz CT molecular complexity index is 652. The summed E-state index contributed by atoms with van der Waals surface area (Å²) in [6, 6.07) is 3.02. The molecule has 0 radical (unpaired) electrons. The molecular weight excluding hydrogens is 310 g/mol. The van der Waals surface area contributed by atoms with Crippen LogP contribution in [0.25, 0.3) is 0 Å². The number of ether oxygens (including phenoxy) is 1. The lowest BCUT2D eigenvalue weighted by molar-refractivity contribution is -0.387. The number of rotatable bonds is 6. The first-order valence-electron chi connectivity index (χ1n) is 6.57. The van der Waals surface area contributed by atoms with Crippen LogP contribution in [0, 0.1) is 15.5 Å². The van der Waals surface area contributed by atoms with Crippen LogP contribution in [-0.2, 0) is 10.0 Å². The van der Waals surface area contributed by atoms with Gasteiger partial charge in [0.2, 0.25) is 10.0 Å². The molecule has 0 heterocycles. The zero-order valence-electron chi connectivity index (χ0n) is 13.0. The first-order chi connectivity index (χ1) is 10.0. The molecule has 0 aromatic heterocycles. The van der Waals surface area contributed by atoms with Gasteiger partial charge in [-0.25, -0.2) is 13.1 Å². The largest absolute Gasteiger partial charge is 0.497 e. The number of sulfonamides is 1. The number of nitro groups is 1. The van der Waals surface area contributed by atoms with Crippen molar-refractivity contribution >= 4 is 15.7 Å². The normalized spacial score (nSPS) is 13.7.